The Hall–Kier alpha value is -4.01. The number of aromatic amines is 1. The number of hydrogen-bond donors (Lipinski definition) is 1. The van der Waals surface area contributed by atoms with Crippen molar-refractivity contribution >= 4 is 28.3 Å². The van der Waals surface area contributed by atoms with E-state index in [0.29, 0.717) is 41.2 Å². The van der Waals surface area contributed by atoms with Crippen LogP contribution in [0.2, 0.25) is 0 Å². The number of aromatic nitrogens is 4. The third kappa shape index (κ3) is 3.33. The van der Waals surface area contributed by atoms with E-state index in [9.17, 15) is 9.18 Å². The van der Waals surface area contributed by atoms with E-state index in [4.69, 9.17) is 0 Å². The lowest BCUT2D eigenvalue weighted by Crippen LogP contribution is -2.30. The largest absolute Gasteiger partial charge is 0.368 e. The van der Waals surface area contributed by atoms with Crippen molar-refractivity contribution in [1.29, 1.82) is 0 Å². The number of amides is 1. The molecule has 4 aromatic rings. The zero-order valence-corrected chi connectivity index (χ0v) is 20.3. The number of allylic oxidation sites excluding steroid dienone is 1. The molecule has 2 atom stereocenters. The molecule has 6 rings (SSSR count). The number of carbonyl (C=O) groups is 1. The molecule has 0 spiro atoms. The number of nitrogens with one attached hydrogen (secondary N) is 1. The molecule has 1 saturated heterocycles. The van der Waals surface area contributed by atoms with E-state index in [-0.39, 0.29) is 12.5 Å². The molecule has 0 saturated carbocycles. The summed E-state index contributed by atoms with van der Waals surface area (Å²) < 4.78 is 32.5. The molecule has 1 amide bonds. The molecule has 0 aliphatic carbocycles. The van der Waals surface area contributed by atoms with Gasteiger partial charge in [0.05, 0.1) is 29.9 Å². The van der Waals surface area contributed by atoms with Crippen molar-refractivity contribution in [2.24, 2.45) is 7.05 Å². The second kappa shape index (κ2) is 8.01. The van der Waals surface area contributed by atoms with Crippen molar-refractivity contribution in [2.45, 2.75) is 32.0 Å². The number of alkyl halides is 1. The van der Waals surface area contributed by atoms with Crippen molar-refractivity contribution in [2.75, 3.05) is 22.9 Å². The fourth-order valence-corrected chi connectivity index (χ4v) is 5.49. The van der Waals surface area contributed by atoms with Gasteiger partial charge in [-0.3, -0.25) is 14.4 Å². The summed E-state index contributed by atoms with van der Waals surface area (Å²) in [4.78, 5) is 24.4. The van der Waals surface area contributed by atoms with Crippen LogP contribution < -0.4 is 9.80 Å². The first kappa shape index (κ1) is 22.5. The van der Waals surface area contributed by atoms with E-state index in [1.807, 2.05) is 36.1 Å². The summed E-state index contributed by atoms with van der Waals surface area (Å²) in [7, 11) is 1.78. The number of aryl methyl sites for hydroxylation is 1. The Labute approximate surface area is 207 Å². The number of nitrogens with zero attached hydrogens (tertiary/aromatic N) is 5. The van der Waals surface area contributed by atoms with Gasteiger partial charge < -0.3 is 9.88 Å². The molecular formula is C27H26F2N6O. The molecule has 36 heavy (non-hydrogen) atoms. The molecule has 0 bridgehead atoms. The predicted octanol–water partition coefficient (Wildman–Crippen LogP) is 4.99. The van der Waals surface area contributed by atoms with Gasteiger partial charge in [0, 0.05) is 48.2 Å². The molecule has 9 heteroatoms. The van der Waals surface area contributed by atoms with Crippen molar-refractivity contribution in [1.82, 2.24) is 19.7 Å². The Bertz CT molecular complexity index is 1540. The van der Waals surface area contributed by atoms with Crippen LogP contribution in [0.15, 0.2) is 54.9 Å². The number of imidazole rings is 1. The standard InChI is InChI=1S/C27H26F2N6O/c1-4-9-27(29)10-11-34(14-27)17-5-7-19(20(28)12-17)25-23-16(2)33(3)32-24(23)26(36)35(25)18-6-8-21-22(13-18)31-15-30-21/h4-9,12-13,15,25H,10-11,14H2,1-3H3,(H,30,31)/b9-4+. The van der Waals surface area contributed by atoms with Crippen LogP contribution in [0.25, 0.3) is 11.0 Å². The minimum Gasteiger partial charge on any atom is -0.368 e. The molecule has 4 heterocycles. The summed E-state index contributed by atoms with van der Waals surface area (Å²) in [5.41, 5.74) is 3.56. The lowest BCUT2D eigenvalue weighted by Gasteiger charge is -2.28. The van der Waals surface area contributed by atoms with E-state index in [1.165, 1.54) is 6.07 Å². The highest BCUT2D eigenvalue weighted by molar-refractivity contribution is 6.11. The quantitative estimate of drug-likeness (QED) is 0.411. The van der Waals surface area contributed by atoms with Crippen LogP contribution in [0.1, 0.15) is 46.7 Å². The van der Waals surface area contributed by atoms with Crippen molar-refractivity contribution in [3.8, 4) is 0 Å². The molecule has 1 fully saturated rings. The van der Waals surface area contributed by atoms with Crippen LogP contribution in [0.5, 0.6) is 0 Å². The van der Waals surface area contributed by atoms with Gasteiger partial charge >= 0.3 is 0 Å². The van der Waals surface area contributed by atoms with Gasteiger partial charge in [-0.15, -0.1) is 0 Å². The summed E-state index contributed by atoms with van der Waals surface area (Å²) in [5, 5.41) is 4.45. The second-order valence-electron chi connectivity index (χ2n) is 9.56. The third-order valence-corrected chi connectivity index (χ3v) is 7.38. The molecule has 2 aromatic carbocycles. The first-order valence-electron chi connectivity index (χ1n) is 12.0. The summed E-state index contributed by atoms with van der Waals surface area (Å²) in [5.74, 6) is -0.731. The fourth-order valence-electron chi connectivity index (χ4n) is 5.49. The molecule has 0 radical (unpaired) electrons. The lowest BCUT2D eigenvalue weighted by atomic mass is 9.97. The number of fused-ring (bicyclic) bond motifs is 2. The van der Waals surface area contributed by atoms with Gasteiger partial charge in [0.25, 0.3) is 5.91 Å². The van der Waals surface area contributed by atoms with Gasteiger partial charge in [0.1, 0.15) is 11.5 Å². The minimum absolute atomic E-state index is 0.181. The summed E-state index contributed by atoms with van der Waals surface area (Å²) in [6.45, 7) is 4.36. The fraction of sp³-hybridized carbons (Fsp3) is 0.296. The molecule has 2 unspecified atom stereocenters. The van der Waals surface area contributed by atoms with Crippen LogP contribution in [0.4, 0.5) is 20.2 Å². The Kier molecular flexibility index (Phi) is 5.00. The molecule has 1 N–H and O–H groups in total. The van der Waals surface area contributed by atoms with Gasteiger partial charge in [0.15, 0.2) is 5.69 Å². The Morgan fingerprint density at radius 3 is 2.78 bits per heavy atom. The molecule has 2 aromatic heterocycles. The first-order chi connectivity index (χ1) is 17.3. The molecule has 2 aliphatic heterocycles. The highest BCUT2D eigenvalue weighted by Gasteiger charge is 2.44. The van der Waals surface area contributed by atoms with Crippen molar-refractivity contribution in [3.63, 3.8) is 0 Å². The second-order valence-corrected chi connectivity index (χ2v) is 9.56. The van der Waals surface area contributed by atoms with Crippen molar-refractivity contribution < 1.29 is 13.6 Å². The summed E-state index contributed by atoms with van der Waals surface area (Å²) in [6.07, 6.45) is 5.24. The normalized spacial score (nSPS) is 21.9. The summed E-state index contributed by atoms with van der Waals surface area (Å²) in [6, 6.07) is 9.76. The van der Waals surface area contributed by atoms with E-state index < -0.39 is 17.5 Å². The Balaban J connectivity index is 1.43. The van der Waals surface area contributed by atoms with Crippen LogP contribution in [0, 0.1) is 12.7 Å². The van der Waals surface area contributed by atoms with Crippen LogP contribution in [-0.2, 0) is 7.05 Å². The average Bonchev–Trinajstić information content (AvgIpc) is 3.60. The van der Waals surface area contributed by atoms with Crippen LogP contribution in [0.3, 0.4) is 0 Å². The number of rotatable bonds is 4. The number of carbonyl (C=O) groups excluding carboxylic acids is 1. The smallest absolute Gasteiger partial charge is 0.280 e. The van der Waals surface area contributed by atoms with E-state index in [0.717, 1.165) is 16.7 Å². The SMILES string of the molecule is C/C=C/C1(F)CCN(c2ccc(C3c4c(nn(C)c4C)C(=O)N3c3ccc4nc[nH]c4c3)c(F)c2)C1. The average molecular weight is 489 g/mol. The minimum atomic E-state index is -1.41. The predicted molar refractivity (Wildman–Crippen MR) is 135 cm³/mol. The summed E-state index contributed by atoms with van der Waals surface area (Å²) >= 11 is 0. The van der Waals surface area contributed by atoms with E-state index in [1.54, 1.807) is 48.1 Å². The highest BCUT2D eigenvalue weighted by Crippen LogP contribution is 2.44. The van der Waals surface area contributed by atoms with E-state index >= 15 is 4.39 Å². The van der Waals surface area contributed by atoms with Gasteiger partial charge in [0.2, 0.25) is 0 Å². The Morgan fingerprint density at radius 2 is 2.00 bits per heavy atom. The number of anilines is 2. The monoisotopic (exact) mass is 488 g/mol. The number of hydrogen-bond acceptors (Lipinski definition) is 4. The highest BCUT2D eigenvalue weighted by atomic mass is 19.1. The molecule has 7 nitrogen and oxygen atoms in total. The zero-order chi connectivity index (χ0) is 25.2. The Morgan fingerprint density at radius 1 is 1.19 bits per heavy atom. The topological polar surface area (TPSA) is 70.1 Å². The zero-order valence-electron chi connectivity index (χ0n) is 20.3. The van der Waals surface area contributed by atoms with Gasteiger partial charge in [-0.25, -0.2) is 13.8 Å². The van der Waals surface area contributed by atoms with Crippen LogP contribution >= 0.6 is 0 Å². The van der Waals surface area contributed by atoms with Gasteiger partial charge in [-0.05, 0) is 44.2 Å². The van der Waals surface area contributed by atoms with Gasteiger partial charge in [-0.2, -0.15) is 5.10 Å². The maximum absolute atomic E-state index is 15.8. The van der Waals surface area contributed by atoms with Gasteiger partial charge in [-0.1, -0.05) is 18.2 Å². The third-order valence-electron chi connectivity index (χ3n) is 7.38. The molecule has 2 aliphatic rings. The van der Waals surface area contributed by atoms with Crippen LogP contribution in [-0.4, -0.2) is 44.4 Å². The molecule has 184 valence electrons. The maximum Gasteiger partial charge on any atom is 0.280 e. The van der Waals surface area contributed by atoms with E-state index in [2.05, 4.69) is 15.1 Å². The van der Waals surface area contributed by atoms with Crippen molar-refractivity contribution in [3.05, 3.63) is 83.2 Å². The number of H-pyrrole nitrogens is 1. The number of halogens is 2. The lowest BCUT2D eigenvalue weighted by molar-refractivity contribution is 0.0988. The molecular weight excluding hydrogens is 462 g/mol. The number of benzene rings is 2. The maximum atomic E-state index is 15.8. The first-order valence-corrected chi connectivity index (χ1v) is 12.0.